The lowest BCUT2D eigenvalue weighted by atomic mass is 10.3. The summed E-state index contributed by atoms with van der Waals surface area (Å²) in [6.45, 7) is 0.763. The van der Waals surface area contributed by atoms with Gasteiger partial charge in [0.1, 0.15) is 5.82 Å². The van der Waals surface area contributed by atoms with E-state index in [9.17, 15) is 4.39 Å². The molecular formula is C14H12Cl2FNS. The molecule has 5 heteroatoms. The molecule has 0 amide bonds. The summed E-state index contributed by atoms with van der Waals surface area (Å²) in [5.74, 6) is 0.614. The van der Waals surface area contributed by atoms with Gasteiger partial charge in [0, 0.05) is 27.9 Å². The molecule has 0 atom stereocenters. The van der Waals surface area contributed by atoms with E-state index >= 15 is 0 Å². The molecule has 19 heavy (non-hydrogen) atoms. The molecule has 0 aliphatic heterocycles. The van der Waals surface area contributed by atoms with Crippen LogP contribution in [-0.4, -0.2) is 12.3 Å². The van der Waals surface area contributed by atoms with Crippen LogP contribution < -0.4 is 5.32 Å². The molecule has 0 spiro atoms. The van der Waals surface area contributed by atoms with Gasteiger partial charge in [-0.2, -0.15) is 0 Å². The average Bonchev–Trinajstić information content (AvgIpc) is 2.40. The fraction of sp³-hybridized carbons (Fsp3) is 0.143. The minimum Gasteiger partial charge on any atom is -0.384 e. The van der Waals surface area contributed by atoms with Gasteiger partial charge in [-0.25, -0.2) is 4.39 Å². The van der Waals surface area contributed by atoms with E-state index in [4.69, 9.17) is 23.2 Å². The van der Waals surface area contributed by atoms with Crippen LogP contribution in [0, 0.1) is 5.82 Å². The highest BCUT2D eigenvalue weighted by Gasteiger charge is 2.02. The van der Waals surface area contributed by atoms with Crippen molar-refractivity contribution in [1.82, 2.24) is 0 Å². The summed E-state index contributed by atoms with van der Waals surface area (Å²) >= 11 is 13.6. The maximum atomic E-state index is 12.7. The molecule has 0 saturated carbocycles. The highest BCUT2D eigenvalue weighted by molar-refractivity contribution is 7.99. The Morgan fingerprint density at radius 2 is 1.79 bits per heavy atom. The fourth-order valence-corrected chi connectivity index (χ4v) is 2.87. The van der Waals surface area contributed by atoms with Gasteiger partial charge in [-0.3, -0.25) is 0 Å². The van der Waals surface area contributed by atoms with Crippen LogP contribution in [0.25, 0.3) is 0 Å². The Morgan fingerprint density at radius 3 is 2.53 bits per heavy atom. The smallest absolute Gasteiger partial charge is 0.123 e. The molecule has 100 valence electrons. The molecule has 1 nitrogen and oxygen atoms in total. The number of benzene rings is 2. The second-order valence-electron chi connectivity index (χ2n) is 3.86. The van der Waals surface area contributed by atoms with Gasteiger partial charge in [0.15, 0.2) is 0 Å². The molecule has 0 aliphatic rings. The summed E-state index contributed by atoms with van der Waals surface area (Å²) in [6.07, 6.45) is 0. The van der Waals surface area contributed by atoms with E-state index < -0.39 is 0 Å². The Balaban J connectivity index is 1.80. The molecule has 0 aromatic heterocycles. The Labute approximate surface area is 126 Å². The average molecular weight is 316 g/mol. The van der Waals surface area contributed by atoms with E-state index in [-0.39, 0.29) is 5.82 Å². The zero-order valence-electron chi connectivity index (χ0n) is 10.00. The third-order valence-corrected chi connectivity index (χ3v) is 4.16. The zero-order chi connectivity index (χ0) is 13.7. The zero-order valence-corrected chi connectivity index (χ0v) is 12.3. The molecule has 0 aliphatic carbocycles. The summed E-state index contributed by atoms with van der Waals surface area (Å²) in [5, 5.41) is 4.60. The molecule has 1 N–H and O–H groups in total. The molecule has 2 aromatic rings. The predicted molar refractivity (Wildman–Crippen MR) is 82.1 cm³/mol. The van der Waals surface area contributed by atoms with E-state index in [1.54, 1.807) is 36.0 Å². The van der Waals surface area contributed by atoms with E-state index in [0.29, 0.717) is 10.0 Å². The van der Waals surface area contributed by atoms with Crippen molar-refractivity contribution < 1.29 is 4.39 Å². The number of thioether (sulfide) groups is 1. The van der Waals surface area contributed by atoms with Crippen LogP contribution >= 0.6 is 35.0 Å². The first-order valence-electron chi connectivity index (χ1n) is 5.72. The van der Waals surface area contributed by atoms with Crippen molar-refractivity contribution in [2.45, 2.75) is 4.90 Å². The summed E-state index contributed by atoms with van der Waals surface area (Å²) in [6, 6.07) is 11.7. The Bertz CT molecular complexity index is 546. The van der Waals surface area contributed by atoms with Gasteiger partial charge in [-0.15, -0.1) is 11.8 Å². The first-order valence-corrected chi connectivity index (χ1v) is 7.46. The first kappa shape index (κ1) is 14.5. The minimum absolute atomic E-state index is 0.231. The molecule has 2 rings (SSSR count). The van der Waals surface area contributed by atoms with Crippen molar-refractivity contribution in [3.63, 3.8) is 0 Å². The highest BCUT2D eigenvalue weighted by atomic mass is 35.5. The van der Waals surface area contributed by atoms with Crippen LogP contribution in [0.15, 0.2) is 47.4 Å². The van der Waals surface area contributed by atoms with Crippen molar-refractivity contribution in [3.05, 3.63) is 58.3 Å². The number of hydrogen-bond donors (Lipinski definition) is 1. The van der Waals surface area contributed by atoms with E-state index in [1.807, 2.05) is 6.07 Å². The molecule has 2 aromatic carbocycles. The molecular weight excluding hydrogens is 304 g/mol. The van der Waals surface area contributed by atoms with Crippen molar-refractivity contribution in [1.29, 1.82) is 0 Å². The normalized spacial score (nSPS) is 10.5. The van der Waals surface area contributed by atoms with Gasteiger partial charge in [-0.1, -0.05) is 23.2 Å². The third-order valence-electron chi connectivity index (χ3n) is 2.43. The predicted octanol–water partition coefficient (Wildman–Crippen LogP) is 5.34. The van der Waals surface area contributed by atoms with Crippen LogP contribution in [0.3, 0.4) is 0 Å². The van der Waals surface area contributed by atoms with Crippen LogP contribution in [0.1, 0.15) is 0 Å². The number of halogens is 3. The standard InChI is InChI=1S/C14H12Cl2FNS/c15-10-1-6-13(16)14(9-10)19-8-7-18-12-4-2-11(17)3-5-12/h1-6,9,18H,7-8H2. The maximum absolute atomic E-state index is 12.7. The Kier molecular flexibility index (Phi) is 5.37. The van der Waals surface area contributed by atoms with Crippen LogP contribution in [-0.2, 0) is 0 Å². The summed E-state index contributed by atoms with van der Waals surface area (Å²) < 4.78 is 12.7. The molecule has 0 saturated heterocycles. The Morgan fingerprint density at radius 1 is 1.05 bits per heavy atom. The van der Waals surface area contributed by atoms with Gasteiger partial charge < -0.3 is 5.32 Å². The number of nitrogens with one attached hydrogen (secondary N) is 1. The largest absolute Gasteiger partial charge is 0.384 e. The molecule has 0 radical (unpaired) electrons. The van der Waals surface area contributed by atoms with Crippen LogP contribution in [0.4, 0.5) is 10.1 Å². The number of hydrogen-bond acceptors (Lipinski definition) is 2. The number of anilines is 1. The number of rotatable bonds is 5. The Hall–Kier alpha value is -0.900. The molecule has 0 heterocycles. The lowest BCUT2D eigenvalue weighted by Gasteiger charge is -2.07. The molecule has 0 unspecified atom stereocenters. The monoisotopic (exact) mass is 315 g/mol. The van der Waals surface area contributed by atoms with Crippen molar-refractivity contribution in [2.75, 3.05) is 17.6 Å². The van der Waals surface area contributed by atoms with Crippen LogP contribution in [0.5, 0.6) is 0 Å². The van der Waals surface area contributed by atoms with Gasteiger partial charge in [0.05, 0.1) is 5.02 Å². The van der Waals surface area contributed by atoms with Crippen LogP contribution in [0.2, 0.25) is 10.0 Å². The molecule has 0 fully saturated rings. The topological polar surface area (TPSA) is 12.0 Å². The second kappa shape index (κ2) is 7.04. The lowest BCUT2D eigenvalue weighted by molar-refractivity contribution is 0.628. The van der Waals surface area contributed by atoms with Gasteiger partial charge >= 0.3 is 0 Å². The summed E-state index contributed by atoms with van der Waals surface area (Å²) in [7, 11) is 0. The van der Waals surface area contributed by atoms with E-state index in [0.717, 1.165) is 22.9 Å². The fourth-order valence-electron chi connectivity index (χ4n) is 1.51. The second-order valence-corrected chi connectivity index (χ2v) is 5.84. The molecule has 0 bridgehead atoms. The lowest BCUT2D eigenvalue weighted by Crippen LogP contribution is -2.03. The van der Waals surface area contributed by atoms with Crippen molar-refractivity contribution in [2.24, 2.45) is 0 Å². The van der Waals surface area contributed by atoms with Gasteiger partial charge in [-0.05, 0) is 42.5 Å². The minimum atomic E-state index is -0.231. The van der Waals surface area contributed by atoms with E-state index in [1.165, 1.54) is 12.1 Å². The summed E-state index contributed by atoms with van der Waals surface area (Å²) in [5.41, 5.74) is 0.902. The first-order chi connectivity index (χ1) is 9.15. The van der Waals surface area contributed by atoms with Gasteiger partial charge in [0.25, 0.3) is 0 Å². The summed E-state index contributed by atoms with van der Waals surface area (Å²) in [4.78, 5) is 0.968. The van der Waals surface area contributed by atoms with Crippen molar-refractivity contribution >= 4 is 40.7 Å². The maximum Gasteiger partial charge on any atom is 0.123 e. The van der Waals surface area contributed by atoms with Gasteiger partial charge in [0.2, 0.25) is 0 Å². The van der Waals surface area contributed by atoms with Crippen molar-refractivity contribution in [3.8, 4) is 0 Å². The quantitative estimate of drug-likeness (QED) is 0.590. The highest BCUT2D eigenvalue weighted by Crippen LogP contribution is 2.29. The SMILES string of the molecule is Fc1ccc(NCCSc2cc(Cl)ccc2Cl)cc1. The van der Waals surface area contributed by atoms with E-state index in [2.05, 4.69) is 5.32 Å². The third kappa shape index (κ3) is 4.60.